The third kappa shape index (κ3) is 1.64. The largest absolute Gasteiger partial charge is 0.273 e. The molecular weight excluding hydrogens is 168 g/mol. The maximum atomic E-state index is 10.5. The maximum Gasteiger partial charge on any atom is 0.273 e. The molecule has 1 rings (SSSR count). The smallest absolute Gasteiger partial charge is 0.258 e. The average molecular weight is 176 g/mol. The van der Waals surface area contributed by atoms with Crippen LogP contribution in [-0.2, 0) is 0 Å². The second kappa shape index (κ2) is 3.23. The molecule has 0 unspecified atom stereocenters. The van der Waals surface area contributed by atoms with Crippen molar-refractivity contribution in [3.05, 3.63) is 38.9 Å². The minimum absolute atomic E-state index is 0.0107. The summed E-state index contributed by atoms with van der Waals surface area (Å²) in [6.07, 6.45) is 0. The summed E-state index contributed by atoms with van der Waals surface area (Å²) in [7, 11) is 0. The second-order valence-corrected chi connectivity index (χ2v) is 2.83. The van der Waals surface area contributed by atoms with Gasteiger partial charge in [-0.05, 0) is 25.5 Å². The van der Waals surface area contributed by atoms with Gasteiger partial charge in [0, 0.05) is 11.6 Å². The molecule has 0 radical (unpaired) electrons. The molecule has 0 fully saturated rings. The number of benzene rings is 1. The summed E-state index contributed by atoms with van der Waals surface area (Å²) >= 11 is 0. The Morgan fingerprint density at radius 1 is 1.46 bits per heavy atom. The second-order valence-electron chi connectivity index (χ2n) is 2.83. The van der Waals surface area contributed by atoms with Crippen molar-refractivity contribution in [2.75, 3.05) is 0 Å². The van der Waals surface area contributed by atoms with Crippen LogP contribution in [0.1, 0.15) is 16.7 Å². The molecule has 1 aromatic carbocycles. The van der Waals surface area contributed by atoms with Crippen LogP contribution in [0.3, 0.4) is 0 Å². The first-order valence-electron chi connectivity index (χ1n) is 3.72. The van der Waals surface area contributed by atoms with E-state index in [4.69, 9.17) is 5.26 Å². The van der Waals surface area contributed by atoms with E-state index in [2.05, 4.69) is 0 Å². The summed E-state index contributed by atoms with van der Waals surface area (Å²) in [5, 5.41) is 19.2. The minimum atomic E-state index is -0.469. The van der Waals surface area contributed by atoms with Gasteiger partial charge >= 0.3 is 0 Å². The molecular formula is C9H8N2O2. The molecule has 4 nitrogen and oxygen atoms in total. The highest BCUT2D eigenvalue weighted by Gasteiger charge is 2.14. The van der Waals surface area contributed by atoms with Crippen molar-refractivity contribution in [1.82, 2.24) is 0 Å². The highest BCUT2D eigenvalue weighted by molar-refractivity contribution is 5.52. The van der Waals surface area contributed by atoms with Crippen molar-refractivity contribution in [1.29, 1.82) is 5.26 Å². The monoisotopic (exact) mass is 176 g/mol. The van der Waals surface area contributed by atoms with Gasteiger partial charge < -0.3 is 0 Å². The fraction of sp³-hybridized carbons (Fsp3) is 0.222. The Kier molecular flexibility index (Phi) is 2.29. The predicted molar refractivity (Wildman–Crippen MR) is 47.3 cm³/mol. The summed E-state index contributed by atoms with van der Waals surface area (Å²) in [4.78, 5) is 10.1. The lowest BCUT2D eigenvalue weighted by Gasteiger charge is -2.00. The Hall–Kier alpha value is -1.89. The highest BCUT2D eigenvalue weighted by atomic mass is 16.6. The molecule has 0 N–H and O–H groups in total. The quantitative estimate of drug-likeness (QED) is 0.486. The van der Waals surface area contributed by atoms with Gasteiger partial charge in [-0.25, -0.2) is 0 Å². The predicted octanol–water partition coefficient (Wildman–Crippen LogP) is 2.08. The SMILES string of the molecule is Cc1cc(C#N)c(C)c([N+](=O)[O-])c1. The fourth-order valence-corrected chi connectivity index (χ4v) is 1.15. The zero-order valence-corrected chi connectivity index (χ0v) is 7.37. The maximum absolute atomic E-state index is 10.5. The summed E-state index contributed by atoms with van der Waals surface area (Å²) in [5.74, 6) is 0. The van der Waals surface area contributed by atoms with Crippen LogP contribution in [0.4, 0.5) is 5.69 Å². The van der Waals surface area contributed by atoms with Gasteiger partial charge in [-0.1, -0.05) is 0 Å². The molecule has 0 saturated carbocycles. The van der Waals surface area contributed by atoms with Crippen LogP contribution in [0.25, 0.3) is 0 Å². The third-order valence-corrected chi connectivity index (χ3v) is 1.84. The molecule has 0 aliphatic carbocycles. The van der Waals surface area contributed by atoms with E-state index in [1.54, 1.807) is 19.9 Å². The lowest BCUT2D eigenvalue weighted by atomic mass is 10.0. The van der Waals surface area contributed by atoms with Crippen molar-refractivity contribution >= 4 is 5.69 Å². The number of rotatable bonds is 1. The van der Waals surface area contributed by atoms with Crippen molar-refractivity contribution in [3.63, 3.8) is 0 Å². The molecule has 0 saturated heterocycles. The Morgan fingerprint density at radius 2 is 2.08 bits per heavy atom. The van der Waals surface area contributed by atoms with E-state index in [0.717, 1.165) is 5.56 Å². The van der Waals surface area contributed by atoms with Crippen molar-refractivity contribution in [2.24, 2.45) is 0 Å². The number of nitrogens with zero attached hydrogens (tertiary/aromatic N) is 2. The van der Waals surface area contributed by atoms with Crippen LogP contribution in [0.2, 0.25) is 0 Å². The van der Waals surface area contributed by atoms with Gasteiger partial charge in [0.2, 0.25) is 0 Å². The van der Waals surface area contributed by atoms with Gasteiger partial charge in [-0.15, -0.1) is 0 Å². The molecule has 1 aromatic rings. The first-order valence-corrected chi connectivity index (χ1v) is 3.72. The van der Waals surface area contributed by atoms with Crippen LogP contribution in [-0.4, -0.2) is 4.92 Å². The van der Waals surface area contributed by atoms with Crippen molar-refractivity contribution in [2.45, 2.75) is 13.8 Å². The van der Waals surface area contributed by atoms with Gasteiger partial charge in [-0.3, -0.25) is 10.1 Å². The topological polar surface area (TPSA) is 66.9 Å². The Morgan fingerprint density at radius 3 is 2.54 bits per heavy atom. The number of nitriles is 1. The molecule has 0 heterocycles. The zero-order chi connectivity index (χ0) is 10.0. The molecule has 0 bridgehead atoms. The molecule has 0 aliphatic heterocycles. The number of hydrogen-bond acceptors (Lipinski definition) is 3. The van der Waals surface area contributed by atoms with Gasteiger partial charge in [0.15, 0.2) is 0 Å². The number of nitro groups is 1. The lowest BCUT2D eigenvalue weighted by molar-refractivity contribution is -0.385. The van der Waals surface area contributed by atoms with Crippen LogP contribution >= 0.6 is 0 Å². The molecule has 0 atom stereocenters. The van der Waals surface area contributed by atoms with Crippen LogP contribution in [0.15, 0.2) is 12.1 Å². The standard InChI is InChI=1S/C9H8N2O2/c1-6-3-8(5-10)7(2)9(4-6)11(12)13/h3-4H,1-2H3. The zero-order valence-electron chi connectivity index (χ0n) is 7.37. The van der Waals surface area contributed by atoms with E-state index >= 15 is 0 Å². The van der Waals surface area contributed by atoms with Crippen molar-refractivity contribution in [3.8, 4) is 6.07 Å². The minimum Gasteiger partial charge on any atom is -0.258 e. The summed E-state index contributed by atoms with van der Waals surface area (Å²) < 4.78 is 0. The van der Waals surface area contributed by atoms with Crippen LogP contribution < -0.4 is 0 Å². The summed E-state index contributed by atoms with van der Waals surface area (Å²) in [5.41, 5.74) is 1.54. The van der Waals surface area contributed by atoms with Crippen LogP contribution in [0, 0.1) is 35.3 Å². The normalized spacial score (nSPS) is 9.31. The Bertz CT molecular complexity index is 405. The molecule has 0 amide bonds. The van der Waals surface area contributed by atoms with E-state index in [1.165, 1.54) is 6.07 Å². The van der Waals surface area contributed by atoms with Gasteiger partial charge in [-0.2, -0.15) is 5.26 Å². The lowest BCUT2D eigenvalue weighted by Crippen LogP contribution is -1.95. The first-order chi connectivity index (χ1) is 6.06. The summed E-state index contributed by atoms with van der Waals surface area (Å²) in [6, 6.07) is 5.04. The number of hydrogen-bond donors (Lipinski definition) is 0. The van der Waals surface area contributed by atoms with E-state index < -0.39 is 4.92 Å². The number of nitro benzene ring substituents is 1. The summed E-state index contributed by atoms with van der Waals surface area (Å²) in [6.45, 7) is 3.31. The average Bonchev–Trinajstić information content (AvgIpc) is 2.08. The Balaban J connectivity index is 3.47. The van der Waals surface area contributed by atoms with E-state index in [0.29, 0.717) is 11.1 Å². The van der Waals surface area contributed by atoms with Crippen molar-refractivity contribution < 1.29 is 4.92 Å². The molecule has 66 valence electrons. The molecule has 4 heteroatoms. The van der Waals surface area contributed by atoms with Gasteiger partial charge in [0.25, 0.3) is 5.69 Å². The first kappa shape index (κ1) is 9.20. The Labute approximate surface area is 75.6 Å². The van der Waals surface area contributed by atoms with E-state index in [9.17, 15) is 10.1 Å². The highest BCUT2D eigenvalue weighted by Crippen LogP contribution is 2.22. The van der Waals surface area contributed by atoms with Gasteiger partial charge in [0.05, 0.1) is 16.6 Å². The van der Waals surface area contributed by atoms with E-state index in [-0.39, 0.29) is 5.69 Å². The number of aryl methyl sites for hydroxylation is 1. The third-order valence-electron chi connectivity index (χ3n) is 1.84. The van der Waals surface area contributed by atoms with E-state index in [1.807, 2.05) is 6.07 Å². The molecule has 0 aliphatic rings. The van der Waals surface area contributed by atoms with Gasteiger partial charge in [0.1, 0.15) is 0 Å². The molecule has 13 heavy (non-hydrogen) atoms. The van der Waals surface area contributed by atoms with Crippen LogP contribution in [0.5, 0.6) is 0 Å². The fourth-order valence-electron chi connectivity index (χ4n) is 1.15. The molecule has 0 spiro atoms. The molecule has 0 aromatic heterocycles.